The van der Waals surface area contributed by atoms with Crippen LogP contribution >= 0.6 is 0 Å². The summed E-state index contributed by atoms with van der Waals surface area (Å²) in [7, 11) is 0. The van der Waals surface area contributed by atoms with Gasteiger partial charge >= 0.3 is 0 Å². The summed E-state index contributed by atoms with van der Waals surface area (Å²) in [5, 5.41) is 5.14. The maximum Gasteiger partial charge on any atom is 0.0725 e. The quantitative estimate of drug-likeness (QED) is 0.151. The van der Waals surface area contributed by atoms with Crippen LogP contribution < -0.4 is 0 Å². The minimum atomic E-state index is -0.494. The molecule has 1 spiro atoms. The van der Waals surface area contributed by atoms with E-state index in [-0.39, 0.29) is 16.2 Å². The summed E-state index contributed by atoms with van der Waals surface area (Å²) in [6.07, 6.45) is 4.13. The van der Waals surface area contributed by atoms with Gasteiger partial charge < -0.3 is 0 Å². The summed E-state index contributed by atoms with van der Waals surface area (Å²) in [6.45, 7) is 23.4. The Bertz CT molecular complexity index is 4570. The molecule has 0 nitrogen and oxygen atoms in total. The summed E-state index contributed by atoms with van der Waals surface area (Å²) >= 11 is 0. The maximum absolute atomic E-state index is 4.47. The Morgan fingerprint density at radius 3 is 1.10 bits per heavy atom. The van der Waals surface area contributed by atoms with Gasteiger partial charge in [-0.15, -0.1) is 0 Å². The van der Waals surface area contributed by atoms with Crippen LogP contribution in [0.1, 0.15) is 97.2 Å². The highest BCUT2D eigenvalue weighted by atomic mass is 14.5. The van der Waals surface area contributed by atoms with Gasteiger partial charge in [-0.3, -0.25) is 0 Å². The predicted molar refractivity (Wildman–Crippen MR) is 330 cm³/mol. The zero-order valence-electron chi connectivity index (χ0n) is 45.2. The average Bonchev–Trinajstić information content (AvgIpc) is 4.11. The molecule has 0 aliphatic heterocycles. The first kappa shape index (κ1) is 45.4. The lowest BCUT2D eigenvalue weighted by Crippen LogP contribution is -2.26. The fourth-order valence-electron chi connectivity index (χ4n) is 16.0. The molecule has 0 bridgehead atoms. The predicted octanol–water partition coefficient (Wildman–Crippen LogP) is 20.4. The van der Waals surface area contributed by atoms with Crippen LogP contribution in [-0.4, -0.2) is 0 Å². The second kappa shape index (κ2) is 15.4. The summed E-state index contributed by atoms with van der Waals surface area (Å²) in [6, 6.07) is 79.5. The van der Waals surface area contributed by atoms with Gasteiger partial charge in [0.05, 0.1) is 5.41 Å². The van der Waals surface area contributed by atoms with Gasteiger partial charge in [0.2, 0.25) is 0 Å². The third-order valence-corrected chi connectivity index (χ3v) is 19.7. The molecule has 0 unspecified atom stereocenters. The fourth-order valence-corrected chi connectivity index (χ4v) is 16.0. The monoisotopic (exact) mass is 994 g/mol. The lowest BCUT2D eigenvalue weighted by molar-refractivity contribution is 0.660. The highest BCUT2D eigenvalue weighted by Gasteiger charge is 2.52. The lowest BCUT2D eigenvalue weighted by Gasteiger charge is -2.31. The SMILES string of the molecule is C=CC1=C(C=C)C2(c3cc(-c4ccc5c(c4)C(C)(C)c4cc6c(-c7ccc8c(c7)C(C)(C)c7ccccc7-8)c7ccccc7c(-c7ccc8c(c7)C(C)(C)c7ccccc7-8)c6cc4-5)ccc31)c1ccccc1-c1ccccc12. The highest BCUT2D eigenvalue weighted by Crippen LogP contribution is 2.63. The van der Waals surface area contributed by atoms with E-state index in [1.807, 2.05) is 6.08 Å². The van der Waals surface area contributed by atoms with Gasteiger partial charge in [0, 0.05) is 16.2 Å². The van der Waals surface area contributed by atoms with Gasteiger partial charge in [0.25, 0.3) is 0 Å². The van der Waals surface area contributed by atoms with Crippen molar-refractivity contribution in [3.05, 3.63) is 293 Å². The average molecular weight is 995 g/mol. The van der Waals surface area contributed by atoms with Crippen molar-refractivity contribution in [1.82, 2.24) is 0 Å². The van der Waals surface area contributed by atoms with E-state index in [9.17, 15) is 0 Å². The Morgan fingerprint density at radius 2 is 0.615 bits per heavy atom. The van der Waals surface area contributed by atoms with Crippen LogP contribution in [0.2, 0.25) is 0 Å². The molecule has 0 N–H and O–H groups in total. The zero-order valence-corrected chi connectivity index (χ0v) is 45.2. The molecule has 5 aliphatic carbocycles. The van der Waals surface area contributed by atoms with E-state index in [4.69, 9.17) is 0 Å². The molecule has 0 heteroatoms. The first-order valence-electron chi connectivity index (χ1n) is 27.9. The van der Waals surface area contributed by atoms with Crippen LogP contribution in [0.3, 0.4) is 0 Å². The van der Waals surface area contributed by atoms with Gasteiger partial charge in [-0.05, 0) is 203 Å². The molecule has 0 fully saturated rings. The summed E-state index contributed by atoms with van der Waals surface area (Å²) in [5.41, 5.74) is 32.9. The highest BCUT2D eigenvalue weighted by molar-refractivity contribution is 6.23. The standard InChI is InChI=1S/C78H58/c1-9-49-54-35-31-46(40-72(54)78(63(49)10-2)66-29-19-15-23-52(66)53-24-16-20-30-67(53)78)45-32-36-57-60-43-61-62(44-71(60)77(7,8)68(57)39-45)74(48-34-38-56-51-22-14-18-28-65(51)76(5,6)70(56)42-48)59-26-12-11-25-58(59)73(61)47-33-37-55-50-21-13-17-27-64(50)75(3,4)69(55)41-47/h9-44H,1-2H2,3-8H3. The molecule has 0 saturated carbocycles. The second-order valence-electron chi connectivity index (χ2n) is 24.3. The van der Waals surface area contributed by atoms with Crippen LogP contribution in [0.15, 0.2) is 237 Å². The number of rotatable bonds is 5. The van der Waals surface area contributed by atoms with Crippen molar-refractivity contribution in [3.63, 3.8) is 0 Å². The molecular formula is C78H58. The molecule has 11 aromatic rings. The van der Waals surface area contributed by atoms with Crippen LogP contribution in [0.5, 0.6) is 0 Å². The number of allylic oxidation sites excluding steroid dienone is 4. The third-order valence-electron chi connectivity index (χ3n) is 19.7. The van der Waals surface area contributed by atoms with Crippen molar-refractivity contribution >= 4 is 27.1 Å². The summed E-state index contributed by atoms with van der Waals surface area (Å²) in [4.78, 5) is 0. The summed E-state index contributed by atoms with van der Waals surface area (Å²) in [5.74, 6) is 0. The van der Waals surface area contributed by atoms with Gasteiger partial charge in [0.1, 0.15) is 0 Å². The minimum Gasteiger partial charge on any atom is -0.0987 e. The normalized spacial score (nSPS) is 16.3. The van der Waals surface area contributed by atoms with Crippen LogP contribution in [-0.2, 0) is 21.7 Å². The van der Waals surface area contributed by atoms with E-state index in [2.05, 4.69) is 267 Å². The Hall–Kier alpha value is -8.84. The minimum absolute atomic E-state index is 0.130. The molecular weight excluding hydrogens is 937 g/mol. The molecule has 0 radical (unpaired) electrons. The van der Waals surface area contributed by atoms with E-state index in [0.717, 1.165) is 5.57 Å². The van der Waals surface area contributed by atoms with Crippen LogP contribution in [0.25, 0.3) is 105 Å². The zero-order chi connectivity index (χ0) is 52.8. The summed E-state index contributed by atoms with van der Waals surface area (Å²) < 4.78 is 0. The first-order valence-corrected chi connectivity index (χ1v) is 27.9. The van der Waals surface area contributed by atoms with Crippen molar-refractivity contribution in [1.29, 1.82) is 0 Å². The number of hydrogen-bond acceptors (Lipinski definition) is 0. The third kappa shape index (κ3) is 5.55. The molecule has 5 aliphatic rings. The van der Waals surface area contributed by atoms with E-state index < -0.39 is 5.41 Å². The van der Waals surface area contributed by atoms with Crippen molar-refractivity contribution < 1.29 is 0 Å². The smallest absolute Gasteiger partial charge is 0.0725 e. The molecule has 0 aromatic heterocycles. The van der Waals surface area contributed by atoms with Gasteiger partial charge in [0.15, 0.2) is 0 Å². The van der Waals surface area contributed by atoms with E-state index in [1.54, 1.807) is 0 Å². The Kier molecular flexibility index (Phi) is 8.97. The molecule has 78 heavy (non-hydrogen) atoms. The topological polar surface area (TPSA) is 0 Å². The maximum atomic E-state index is 4.47. The number of benzene rings is 11. The molecule has 11 aromatic carbocycles. The number of fused-ring (bicyclic) bond motifs is 18. The van der Waals surface area contributed by atoms with Gasteiger partial charge in [-0.2, -0.15) is 0 Å². The molecule has 0 atom stereocenters. The van der Waals surface area contributed by atoms with Crippen LogP contribution in [0.4, 0.5) is 0 Å². The van der Waals surface area contributed by atoms with Gasteiger partial charge in [-0.1, -0.05) is 237 Å². The number of hydrogen-bond donors (Lipinski definition) is 0. The lowest BCUT2D eigenvalue weighted by atomic mass is 9.69. The Labute approximate surface area is 458 Å². The van der Waals surface area contributed by atoms with E-state index >= 15 is 0 Å². The Balaban J connectivity index is 0.918. The van der Waals surface area contributed by atoms with Crippen molar-refractivity contribution in [2.45, 2.75) is 63.2 Å². The van der Waals surface area contributed by atoms with Crippen molar-refractivity contribution in [2.75, 3.05) is 0 Å². The van der Waals surface area contributed by atoms with Crippen LogP contribution in [0, 0.1) is 0 Å². The molecule has 370 valence electrons. The van der Waals surface area contributed by atoms with E-state index in [1.165, 1.54) is 161 Å². The van der Waals surface area contributed by atoms with Crippen molar-refractivity contribution in [3.8, 4) is 77.9 Å². The fraction of sp³-hybridized carbons (Fsp3) is 0.128. The molecule has 0 heterocycles. The first-order chi connectivity index (χ1) is 37.9. The van der Waals surface area contributed by atoms with Crippen molar-refractivity contribution in [2.24, 2.45) is 0 Å². The van der Waals surface area contributed by atoms with E-state index in [0.29, 0.717) is 0 Å². The Morgan fingerprint density at radius 1 is 0.269 bits per heavy atom. The molecule has 16 rings (SSSR count). The van der Waals surface area contributed by atoms with Gasteiger partial charge in [-0.25, -0.2) is 0 Å². The molecule has 0 amide bonds. The second-order valence-corrected chi connectivity index (χ2v) is 24.3. The largest absolute Gasteiger partial charge is 0.0987 e. The molecule has 0 saturated heterocycles.